The number of rotatable bonds is 5. The lowest BCUT2D eigenvalue weighted by Gasteiger charge is -2.24. The normalized spacial score (nSPS) is 13.4. The molecule has 0 radical (unpaired) electrons. The maximum atomic E-state index is 11.7. The summed E-state index contributed by atoms with van der Waals surface area (Å²) in [5.74, 6) is 0.0763. The van der Waals surface area contributed by atoms with Gasteiger partial charge in [0.25, 0.3) is 0 Å². The molecule has 0 aromatic carbocycles. The third-order valence-electron chi connectivity index (χ3n) is 1.86. The van der Waals surface area contributed by atoms with Crippen molar-refractivity contribution in [3.8, 4) is 0 Å². The van der Waals surface area contributed by atoms with Crippen LogP contribution in [0.2, 0.25) is 0 Å². The van der Waals surface area contributed by atoms with Gasteiger partial charge in [-0.2, -0.15) is 13.2 Å². The summed E-state index contributed by atoms with van der Waals surface area (Å²) in [4.78, 5) is 0. The minimum atomic E-state index is -4.10. The van der Waals surface area contributed by atoms with Gasteiger partial charge in [0.05, 0.1) is 0 Å². The molecule has 1 N–H and O–H groups in total. The van der Waals surface area contributed by atoms with Crippen LogP contribution in [-0.2, 0) is 0 Å². The Balaban J connectivity index is 3.47. The second kappa shape index (κ2) is 5.10. The van der Waals surface area contributed by atoms with Crippen molar-refractivity contribution in [3.63, 3.8) is 0 Å². The summed E-state index contributed by atoms with van der Waals surface area (Å²) in [5.41, 5.74) is -4.16. The molecule has 1 nitrogen and oxygen atoms in total. The van der Waals surface area contributed by atoms with Gasteiger partial charge in [0, 0.05) is 17.8 Å². The largest absolute Gasteiger partial charge is 0.441 e. The van der Waals surface area contributed by atoms with Crippen molar-refractivity contribution < 1.29 is 13.2 Å². The highest BCUT2D eigenvalue weighted by atomic mass is 32.2. The molecule has 0 bridgehead atoms. The van der Waals surface area contributed by atoms with Gasteiger partial charge in [-0.25, -0.2) is 0 Å². The molecule has 0 atom stereocenters. The first-order valence-corrected chi connectivity index (χ1v) is 5.21. The number of nitrogens with one attached hydrogen (secondary N) is 1. The summed E-state index contributed by atoms with van der Waals surface area (Å²) in [6.07, 6.45) is 0.906. The van der Waals surface area contributed by atoms with Crippen molar-refractivity contribution in [2.45, 2.75) is 38.2 Å². The highest BCUT2D eigenvalue weighted by Crippen LogP contribution is 2.29. The zero-order valence-electron chi connectivity index (χ0n) is 8.16. The maximum Gasteiger partial charge on any atom is 0.441 e. The minimum Gasteiger partial charge on any atom is -0.311 e. The van der Waals surface area contributed by atoms with Gasteiger partial charge in [-0.1, -0.05) is 6.92 Å². The van der Waals surface area contributed by atoms with Crippen molar-refractivity contribution >= 4 is 11.8 Å². The fraction of sp³-hybridized carbons (Fsp3) is 1.00. The summed E-state index contributed by atoms with van der Waals surface area (Å²) in [6, 6.07) is 0. The monoisotopic (exact) mass is 215 g/mol. The van der Waals surface area contributed by atoms with Crippen LogP contribution in [0.25, 0.3) is 0 Å². The van der Waals surface area contributed by atoms with Crippen LogP contribution in [0, 0.1) is 0 Å². The molecular weight excluding hydrogens is 199 g/mol. The summed E-state index contributed by atoms with van der Waals surface area (Å²) in [6.45, 7) is 6.35. The van der Waals surface area contributed by atoms with Crippen molar-refractivity contribution in [2.24, 2.45) is 0 Å². The molecule has 0 aromatic heterocycles. The SMILES string of the molecule is CCC(C)(C)NCCSC(F)(F)F. The molecule has 0 aliphatic rings. The van der Waals surface area contributed by atoms with E-state index in [2.05, 4.69) is 5.32 Å². The number of hydrogen-bond donors (Lipinski definition) is 1. The summed E-state index contributed by atoms with van der Waals surface area (Å²) >= 11 is 0.0222. The van der Waals surface area contributed by atoms with Gasteiger partial charge in [0.2, 0.25) is 0 Å². The van der Waals surface area contributed by atoms with Crippen molar-refractivity contribution in [1.82, 2.24) is 5.32 Å². The van der Waals surface area contributed by atoms with Gasteiger partial charge >= 0.3 is 5.51 Å². The Morgan fingerprint density at radius 2 is 1.77 bits per heavy atom. The van der Waals surface area contributed by atoms with E-state index in [1.807, 2.05) is 20.8 Å². The fourth-order valence-electron chi connectivity index (χ4n) is 0.681. The number of thioether (sulfide) groups is 1. The van der Waals surface area contributed by atoms with Gasteiger partial charge in [0.15, 0.2) is 0 Å². The van der Waals surface area contributed by atoms with Gasteiger partial charge < -0.3 is 5.32 Å². The second-order valence-electron chi connectivity index (χ2n) is 3.46. The highest BCUT2D eigenvalue weighted by molar-refractivity contribution is 8.00. The van der Waals surface area contributed by atoms with E-state index in [9.17, 15) is 13.2 Å². The van der Waals surface area contributed by atoms with Crippen LogP contribution in [0.5, 0.6) is 0 Å². The Morgan fingerprint density at radius 1 is 1.23 bits per heavy atom. The minimum absolute atomic E-state index is 0.0222. The smallest absolute Gasteiger partial charge is 0.311 e. The van der Waals surface area contributed by atoms with Gasteiger partial charge in [0.1, 0.15) is 0 Å². The summed E-state index contributed by atoms with van der Waals surface area (Å²) in [5, 5.41) is 3.06. The molecule has 80 valence electrons. The van der Waals surface area contributed by atoms with E-state index in [1.165, 1.54) is 0 Å². The van der Waals surface area contributed by atoms with Crippen LogP contribution < -0.4 is 5.32 Å². The molecule has 0 unspecified atom stereocenters. The highest BCUT2D eigenvalue weighted by Gasteiger charge is 2.27. The Kier molecular flexibility index (Phi) is 5.14. The van der Waals surface area contributed by atoms with Crippen LogP contribution in [0.15, 0.2) is 0 Å². The average Bonchev–Trinajstić information content (AvgIpc) is 1.97. The Labute approximate surface area is 81.5 Å². The van der Waals surface area contributed by atoms with Crippen LogP contribution in [0.3, 0.4) is 0 Å². The van der Waals surface area contributed by atoms with E-state index < -0.39 is 5.51 Å². The molecule has 0 fully saturated rings. The van der Waals surface area contributed by atoms with E-state index >= 15 is 0 Å². The van der Waals surface area contributed by atoms with Gasteiger partial charge in [-0.15, -0.1) is 0 Å². The Morgan fingerprint density at radius 3 is 2.15 bits per heavy atom. The van der Waals surface area contributed by atoms with Crippen LogP contribution in [-0.4, -0.2) is 23.3 Å². The lowest BCUT2D eigenvalue weighted by Crippen LogP contribution is -2.39. The third-order valence-corrected chi connectivity index (χ3v) is 2.59. The Hall–Kier alpha value is 0.100. The molecule has 0 amide bonds. The van der Waals surface area contributed by atoms with Crippen LogP contribution in [0.4, 0.5) is 13.2 Å². The Bertz CT molecular complexity index is 145. The lowest BCUT2D eigenvalue weighted by atomic mass is 10.0. The average molecular weight is 215 g/mol. The molecule has 0 spiro atoms. The molecule has 0 rings (SSSR count). The lowest BCUT2D eigenvalue weighted by molar-refractivity contribution is -0.0327. The van der Waals surface area contributed by atoms with Crippen molar-refractivity contribution in [3.05, 3.63) is 0 Å². The van der Waals surface area contributed by atoms with Crippen LogP contribution in [0.1, 0.15) is 27.2 Å². The van der Waals surface area contributed by atoms with E-state index in [0.717, 1.165) is 6.42 Å². The van der Waals surface area contributed by atoms with Gasteiger partial charge in [-0.3, -0.25) is 0 Å². The molecule has 0 aliphatic heterocycles. The standard InChI is InChI=1S/C8H16F3NS/c1-4-7(2,3)12-5-6-13-8(9,10)11/h12H,4-6H2,1-3H3. The number of alkyl halides is 3. The van der Waals surface area contributed by atoms with E-state index in [-0.39, 0.29) is 23.1 Å². The zero-order chi connectivity index (χ0) is 10.5. The first kappa shape index (κ1) is 13.1. The van der Waals surface area contributed by atoms with Crippen molar-refractivity contribution in [2.75, 3.05) is 12.3 Å². The predicted molar refractivity (Wildman–Crippen MR) is 50.9 cm³/mol. The zero-order valence-corrected chi connectivity index (χ0v) is 8.98. The maximum absolute atomic E-state index is 11.7. The van der Waals surface area contributed by atoms with E-state index in [0.29, 0.717) is 6.54 Å². The first-order chi connectivity index (χ1) is 5.77. The second-order valence-corrected chi connectivity index (χ2v) is 4.62. The number of hydrogen-bond acceptors (Lipinski definition) is 2. The molecule has 0 heterocycles. The topological polar surface area (TPSA) is 12.0 Å². The molecule has 5 heteroatoms. The molecule has 0 aromatic rings. The van der Waals surface area contributed by atoms with Gasteiger partial charge in [-0.05, 0) is 32.0 Å². The summed E-state index contributed by atoms with van der Waals surface area (Å²) in [7, 11) is 0. The fourth-order valence-corrected chi connectivity index (χ4v) is 1.12. The predicted octanol–water partition coefficient (Wildman–Crippen LogP) is 3.02. The first-order valence-electron chi connectivity index (χ1n) is 4.22. The molecule has 0 aliphatic carbocycles. The third kappa shape index (κ3) is 8.43. The molecule has 0 saturated carbocycles. The van der Waals surface area contributed by atoms with Crippen molar-refractivity contribution in [1.29, 1.82) is 0 Å². The van der Waals surface area contributed by atoms with E-state index in [1.54, 1.807) is 0 Å². The molecular formula is C8H16F3NS. The van der Waals surface area contributed by atoms with E-state index in [4.69, 9.17) is 0 Å². The number of halogens is 3. The van der Waals surface area contributed by atoms with Crippen LogP contribution >= 0.6 is 11.8 Å². The quantitative estimate of drug-likeness (QED) is 0.707. The molecule has 13 heavy (non-hydrogen) atoms. The summed E-state index contributed by atoms with van der Waals surface area (Å²) < 4.78 is 35.1. The molecule has 0 saturated heterocycles.